The average Bonchev–Trinajstić information content (AvgIpc) is 2.70. The largest absolute Gasteiger partial charge is 0.455 e. The van der Waals surface area contributed by atoms with Crippen molar-refractivity contribution in [2.45, 2.75) is 20.3 Å². The van der Waals surface area contributed by atoms with Crippen molar-refractivity contribution in [3.05, 3.63) is 80.4 Å². The van der Waals surface area contributed by atoms with Crippen molar-refractivity contribution >= 4 is 44.0 Å². The summed E-state index contributed by atoms with van der Waals surface area (Å²) in [4.78, 5) is 0. The van der Waals surface area contributed by atoms with Gasteiger partial charge in [0, 0.05) is 21.6 Å². The van der Waals surface area contributed by atoms with Crippen LogP contribution in [0, 0.1) is 22.1 Å². The Morgan fingerprint density at radius 1 is 1.06 bits per heavy atom. The first kappa shape index (κ1) is 23.3. The number of hydrogen-bond acceptors (Lipinski definition) is 4. The van der Waals surface area contributed by atoms with E-state index in [9.17, 15) is 17.2 Å². The van der Waals surface area contributed by atoms with Gasteiger partial charge in [-0.25, -0.2) is 17.2 Å². The minimum atomic E-state index is -3.47. The van der Waals surface area contributed by atoms with Crippen molar-refractivity contribution in [3.8, 4) is 11.5 Å². The van der Waals surface area contributed by atoms with E-state index >= 15 is 0 Å². The van der Waals surface area contributed by atoms with Crippen molar-refractivity contribution in [2.24, 2.45) is 0 Å². The summed E-state index contributed by atoms with van der Waals surface area (Å²) in [6.07, 6.45) is 0.0953. The van der Waals surface area contributed by atoms with Gasteiger partial charge in [-0.05, 0) is 77.9 Å². The molecule has 0 fully saturated rings. The number of halogens is 3. The van der Waals surface area contributed by atoms with E-state index in [1.165, 1.54) is 19.1 Å². The van der Waals surface area contributed by atoms with E-state index < -0.39 is 21.7 Å². The first-order valence-electron chi connectivity index (χ1n) is 9.39. The van der Waals surface area contributed by atoms with Crippen LogP contribution < -0.4 is 15.2 Å². The minimum Gasteiger partial charge on any atom is -0.455 e. The maximum Gasteiger partial charge on any atom is 0.232 e. The molecule has 3 N–H and O–H groups in total. The highest BCUT2D eigenvalue weighted by atomic mass is 127. The van der Waals surface area contributed by atoms with Crippen LogP contribution in [0.15, 0.2) is 48.5 Å². The molecule has 0 aliphatic carbocycles. The number of anilines is 2. The lowest BCUT2D eigenvalue weighted by atomic mass is 10.0. The van der Waals surface area contributed by atoms with E-state index in [4.69, 9.17) is 10.5 Å². The fourth-order valence-electron chi connectivity index (χ4n) is 2.94. The molecule has 0 heterocycles. The number of ether oxygens (including phenoxy) is 1. The second-order valence-electron chi connectivity index (χ2n) is 6.93. The molecule has 0 unspecified atom stereocenters. The minimum absolute atomic E-state index is 0.0690. The van der Waals surface area contributed by atoms with Crippen LogP contribution in [0.4, 0.5) is 20.2 Å². The molecule has 0 radical (unpaired) electrons. The Hall–Kier alpha value is -2.40. The number of nitrogen functional groups attached to an aromatic ring is 1. The summed E-state index contributed by atoms with van der Waals surface area (Å²) in [7, 11) is -3.47. The lowest BCUT2D eigenvalue weighted by molar-refractivity contribution is 0.475. The predicted octanol–water partition coefficient (Wildman–Crippen LogP) is 5.60. The van der Waals surface area contributed by atoms with Crippen LogP contribution in [-0.4, -0.2) is 14.2 Å². The van der Waals surface area contributed by atoms with Crippen molar-refractivity contribution in [1.82, 2.24) is 0 Å². The molecule has 0 saturated heterocycles. The van der Waals surface area contributed by atoms with Crippen molar-refractivity contribution in [3.63, 3.8) is 0 Å². The van der Waals surface area contributed by atoms with E-state index in [1.54, 1.807) is 37.3 Å². The van der Waals surface area contributed by atoms with Gasteiger partial charge in [-0.1, -0.05) is 12.1 Å². The first-order chi connectivity index (χ1) is 14.6. The molecule has 3 aromatic carbocycles. The van der Waals surface area contributed by atoms with Gasteiger partial charge in [0.25, 0.3) is 0 Å². The summed E-state index contributed by atoms with van der Waals surface area (Å²) >= 11 is 2.01. The second-order valence-corrected chi connectivity index (χ2v) is 10.2. The standard InChI is InChI=1S/C22H21F2IN2O3S/c1-3-31(28,29)27-19-5-4-6-20(13(19)2)30-21-11-16(23)10-15(22(21)26)9-14-7-8-17(25)12-18(14)24/h4-8,10-12,27H,3,9,26H2,1-2H3. The fraction of sp³-hybridized carbons (Fsp3) is 0.182. The van der Waals surface area contributed by atoms with Crippen LogP contribution in [0.3, 0.4) is 0 Å². The van der Waals surface area contributed by atoms with E-state index in [0.717, 1.165) is 9.64 Å². The van der Waals surface area contributed by atoms with Crippen LogP contribution in [0.25, 0.3) is 0 Å². The van der Waals surface area contributed by atoms with Gasteiger partial charge < -0.3 is 10.5 Å². The molecule has 0 bridgehead atoms. The highest BCUT2D eigenvalue weighted by Crippen LogP contribution is 2.36. The summed E-state index contributed by atoms with van der Waals surface area (Å²) < 4.78 is 61.4. The number of benzene rings is 3. The summed E-state index contributed by atoms with van der Waals surface area (Å²) in [6.45, 7) is 3.21. The van der Waals surface area contributed by atoms with Crippen molar-refractivity contribution < 1.29 is 21.9 Å². The Bertz CT molecular complexity index is 1230. The normalized spacial score (nSPS) is 11.4. The maximum atomic E-state index is 14.3. The number of nitrogens with two attached hydrogens (primary N) is 1. The van der Waals surface area contributed by atoms with Crippen molar-refractivity contribution in [2.75, 3.05) is 16.2 Å². The highest BCUT2D eigenvalue weighted by molar-refractivity contribution is 14.1. The summed E-state index contributed by atoms with van der Waals surface area (Å²) in [5, 5.41) is 0. The molecule has 5 nitrogen and oxygen atoms in total. The molecule has 31 heavy (non-hydrogen) atoms. The molecule has 3 rings (SSSR count). The highest BCUT2D eigenvalue weighted by Gasteiger charge is 2.16. The molecule has 0 atom stereocenters. The Morgan fingerprint density at radius 2 is 1.81 bits per heavy atom. The topological polar surface area (TPSA) is 81.4 Å². The molecule has 164 valence electrons. The zero-order valence-corrected chi connectivity index (χ0v) is 19.9. The molecular formula is C22H21F2IN2O3S. The van der Waals surface area contributed by atoms with E-state index in [-0.39, 0.29) is 23.6 Å². The SMILES string of the molecule is CCS(=O)(=O)Nc1cccc(Oc2cc(F)cc(Cc3ccc(I)cc3F)c2N)c1C. The van der Waals surface area contributed by atoms with Crippen molar-refractivity contribution in [1.29, 1.82) is 0 Å². The third-order valence-electron chi connectivity index (χ3n) is 4.74. The third kappa shape index (κ3) is 5.65. The quantitative estimate of drug-likeness (QED) is 0.292. The molecule has 0 aliphatic heterocycles. The Kier molecular flexibility index (Phi) is 7.05. The number of hydrogen-bond donors (Lipinski definition) is 2. The molecule has 0 saturated carbocycles. The molecule has 9 heteroatoms. The van der Waals surface area contributed by atoms with Crippen LogP contribution in [0.2, 0.25) is 0 Å². The number of sulfonamides is 1. The zero-order chi connectivity index (χ0) is 22.8. The Labute approximate surface area is 193 Å². The first-order valence-corrected chi connectivity index (χ1v) is 12.1. The number of rotatable bonds is 7. The van der Waals surface area contributed by atoms with Crippen LogP contribution in [0.5, 0.6) is 11.5 Å². The summed E-state index contributed by atoms with van der Waals surface area (Å²) in [5.41, 5.74) is 8.04. The van der Waals surface area contributed by atoms with Gasteiger partial charge in [0.15, 0.2) is 5.75 Å². The fourth-order valence-corrected chi connectivity index (χ4v) is 4.10. The molecule has 0 spiro atoms. The summed E-state index contributed by atoms with van der Waals surface area (Å²) in [5.74, 6) is -0.665. The molecular weight excluding hydrogens is 537 g/mol. The zero-order valence-electron chi connectivity index (χ0n) is 16.9. The van der Waals surface area contributed by atoms with Gasteiger partial charge in [-0.15, -0.1) is 0 Å². The second kappa shape index (κ2) is 9.39. The smallest absolute Gasteiger partial charge is 0.232 e. The van der Waals surface area contributed by atoms with Gasteiger partial charge in [0.2, 0.25) is 10.0 Å². The Morgan fingerprint density at radius 3 is 2.48 bits per heavy atom. The van der Waals surface area contributed by atoms with Crippen LogP contribution in [0.1, 0.15) is 23.6 Å². The van der Waals surface area contributed by atoms with Gasteiger partial charge in [-0.2, -0.15) is 0 Å². The summed E-state index contributed by atoms with van der Waals surface area (Å²) in [6, 6.07) is 12.0. The van der Waals surface area contributed by atoms with E-state index in [2.05, 4.69) is 4.72 Å². The molecule has 0 aromatic heterocycles. The maximum absolute atomic E-state index is 14.3. The Balaban J connectivity index is 1.94. The molecule has 0 aliphatic rings. The van der Waals surface area contributed by atoms with Gasteiger partial charge in [0.05, 0.1) is 17.1 Å². The third-order valence-corrected chi connectivity index (χ3v) is 6.70. The molecule has 0 amide bonds. The average molecular weight is 558 g/mol. The molecule has 3 aromatic rings. The van der Waals surface area contributed by atoms with Gasteiger partial charge >= 0.3 is 0 Å². The lowest BCUT2D eigenvalue weighted by Gasteiger charge is -2.16. The van der Waals surface area contributed by atoms with Crippen LogP contribution in [-0.2, 0) is 16.4 Å². The van der Waals surface area contributed by atoms with Gasteiger partial charge in [-0.3, -0.25) is 4.72 Å². The number of nitrogens with one attached hydrogen (secondary N) is 1. The predicted molar refractivity (Wildman–Crippen MR) is 127 cm³/mol. The van der Waals surface area contributed by atoms with E-state index in [0.29, 0.717) is 28.1 Å². The lowest BCUT2D eigenvalue weighted by Crippen LogP contribution is -2.15. The van der Waals surface area contributed by atoms with E-state index in [1.807, 2.05) is 22.6 Å². The monoisotopic (exact) mass is 558 g/mol. The van der Waals surface area contributed by atoms with Gasteiger partial charge in [0.1, 0.15) is 17.4 Å². The van der Waals surface area contributed by atoms with Crippen LogP contribution >= 0.6 is 22.6 Å².